The van der Waals surface area contributed by atoms with Gasteiger partial charge in [-0.05, 0) is 61.9 Å². The summed E-state index contributed by atoms with van der Waals surface area (Å²) in [4.78, 5) is 58.3. The fourth-order valence-corrected chi connectivity index (χ4v) is 6.71. The molecular formula is C31H38ClN5O4. The number of nitrogens with one attached hydrogen (secondary N) is 1. The molecule has 2 saturated heterocycles. The fourth-order valence-electron chi connectivity index (χ4n) is 6.59. The molecule has 1 spiro atoms. The molecule has 1 atom stereocenters. The molecule has 3 fully saturated rings. The van der Waals surface area contributed by atoms with Gasteiger partial charge in [0.15, 0.2) is 6.17 Å². The summed E-state index contributed by atoms with van der Waals surface area (Å²) in [6, 6.07) is 16.8. The Hall–Kier alpha value is -3.59. The second kappa shape index (κ2) is 12.5. The largest absolute Gasteiger partial charge is 0.366 e. The molecule has 0 bridgehead atoms. The Morgan fingerprint density at radius 3 is 2.24 bits per heavy atom. The second-order valence-corrected chi connectivity index (χ2v) is 11.8. The summed E-state index contributed by atoms with van der Waals surface area (Å²) in [5, 5.41) is 3.71. The minimum absolute atomic E-state index is 0.0154. The third kappa shape index (κ3) is 6.20. The molecule has 2 aromatic rings. The molecule has 0 radical (unpaired) electrons. The number of nitrogens with zero attached hydrogens (tertiary/aromatic N) is 3. The third-order valence-electron chi connectivity index (χ3n) is 8.72. The molecule has 5 rings (SSSR count). The average Bonchev–Trinajstić information content (AvgIpc) is 3.21. The van der Waals surface area contributed by atoms with Crippen LogP contribution in [0, 0.1) is 0 Å². The molecule has 41 heavy (non-hydrogen) atoms. The number of hydrogen-bond donors (Lipinski definition) is 2. The third-order valence-corrected chi connectivity index (χ3v) is 8.97. The van der Waals surface area contributed by atoms with Gasteiger partial charge in [0.25, 0.3) is 11.8 Å². The minimum atomic E-state index is -1.10. The van der Waals surface area contributed by atoms with Crippen LogP contribution in [0.25, 0.3) is 0 Å². The number of nitrogens with two attached hydrogens (primary N) is 1. The molecule has 2 aromatic carbocycles. The summed E-state index contributed by atoms with van der Waals surface area (Å²) in [6.07, 6.45) is 5.64. The van der Waals surface area contributed by atoms with Crippen molar-refractivity contribution in [3.63, 3.8) is 0 Å². The highest BCUT2D eigenvalue weighted by Gasteiger charge is 2.60. The Morgan fingerprint density at radius 2 is 1.61 bits per heavy atom. The van der Waals surface area contributed by atoms with Crippen LogP contribution in [0.3, 0.4) is 0 Å². The molecule has 1 saturated carbocycles. The SMILES string of the molecule is NC(=O)[C@@H]1N(CC(=O)NC2CCCCC2)C(=O)C2(CCN(C(=O)CCc3ccc(Cl)cc3)CC2)N1c1ccccc1. The standard InChI is InChI=1S/C31H38ClN5O4/c32-23-14-11-22(12-15-23)13-16-27(39)35-19-17-31(18-20-35)30(41)36(21-26(38)34-24-7-3-1-4-8-24)29(28(33)40)37(31)25-9-5-2-6-10-25/h2,5-6,9-12,14-15,24,29H,1,3-4,7-8,13,16-21H2,(H2,33,40)(H,34,38)/t29-/m1/s1. The summed E-state index contributed by atoms with van der Waals surface area (Å²) in [5.41, 5.74) is 6.56. The molecule has 10 heteroatoms. The maximum Gasteiger partial charge on any atom is 0.261 e. The molecule has 1 aliphatic carbocycles. The Kier molecular flexibility index (Phi) is 8.82. The van der Waals surface area contributed by atoms with Crippen molar-refractivity contribution in [1.82, 2.24) is 15.1 Å². The molecule has 3 N–H and O–H groups in total. The van der Waals surface area contributed by atoms with Gasteiger partial charge in [0, 0.05) is 36.3 Å². The van der Waals surface area contributed by atoms with E-state index in [1.165, 1.54) is 4.90 Å². The first-order valence-electron chi connectivity index (χ1n) is 14.5. The zero-order chi connectivity index (χ0) is 29.0. The molecule has 2 heterocycles. The number of aryl methyl sites for hydroxylation is 1. The van der Waals surface area contributed by atoms with Crippen molar-refractivity contribution in [1.29, 1.82) is 0 Å². The van der Waals surface area contributed by atoms with Crippen LogP contribution >= 0.6 is 11.6 Å². The van der Waals surface area contributed by atoms with Crippen LogP contribution in [-0.4, -0.2) is 70.8 Å². The lowest BCUT2D eigenvalue weighted by Crippen LogP contribution is -2.59. The van der Waals surface area contributed by atoms with E-state index in [1.807, 2.05) is 54.6 Å². The van der Waals surface area contributed by atoms with Crippen LogP contribution in [0.5, 0.6) is 0 Å². The van der Waals surface area contributed by atoms with Gasteiger partial charge in [0.1, 0.15) is 12.1 Å². The van der Waals surface area contributed by atoms with Gasteiger partial charge in [-0.1, -0.05) is 61.2 Å². The first-order valence-corrected chi connectivity index (χ1v) is 14.9. The Balaban J connectivity index is 1.33. The summed E-state index contributed by atoms with van der Waals surface area (Å²) in [5.74, 6) is -1.25. The summed E-state index contributed by atoms with van der Waals surface area (Å²) in [7, 11) is 0. The van der Waals surface area contributed by atoms with Crippen molar-refractivity contribution in [2.75, 3.05) is 24.5 Å². The number of halogens is 1. The maximum absolute atomic E-state index is 14.2. The number of likely N-dealkylation sites (tertiary alicyclic amines) is 1. The predicted molar refractivity (Wildman–Crippen MR) is 157 cm³/mol. The minimum Gasteiger partial charge on any atom is -0.366 e. The number of carbonyl (C=O) groups excluding carboxylic acids is 4. The van der Waals surface area contributed by atoms with Crippen molar-refractivity contribution < 1.29 is 19.2 Å². The molecule has 0 unspecified atom stereocenters. The van der Waals surface area contributed by atoms with Gasteiger partial charge in [-0.2, -0.15) is 0 Å². The van der Waals surface area contributed by atoms with Crippen LogP contribution in [0.4, 0.5) is 5.69 Å². The number of carbonyl (C=O) groups is 4. The lowest BCUT2D eigenvalue weighted by molar-refractivity contribution is -0.142. The van der Waals surface area contributed by atoms with Crippen LogP contribution in [-0.2, 0) is 25.6 Å². The average molecular weight is 580 g/mol. The number of anilines is 1. The normalized spacial score (nSPS) is 20.9. The number of amides is 4. The van der Waals surface area contributed by atoms with Gasteiger partial charge in [-0.3, -0.25) is 19.2 Å². The van der Waals surface area contributed by atoms with Gasteiger partial charge in [0.2, 0.25) is 11.8 Å². The number of rotatable bonds is 8. The number of piperidine rings is 1. The van der Waals surface area contributed by atoms with E-state index in [4.69, 9.17) is 17.3 Å². The van der Waals surface area contributed by atoms with Crippen molar-refractivity contribution in [2.45, 2.75) is 75.5 Å². The van der Waals surface area contributed by atoms with E-state index in [-0.39, 0.29) is 30.3 Å². The van der Waals surface area contributed by atoms with Crippen LogP contribution in [0.15, 0.2) is 54.6 Å². The Morgan fingerprint density at radius 1 is 0.951 bits per heavy atom. The topological polar surface area (TPSA) is 116 Å². The molecule has 2 aliphatic heterocycles. The number of primary amides is 1. The monoisotopic (exact) mass is 579 g/mol. The summed E-state index contributed by atoms with van der Waals surface area (Å²) in [6.45, 7) is 0.488. The highest BCUT2D eigenvalue weighted by molar-refractivity contribution is 6.30. The van der Waals surface area contributed by atoms with E-state index in [2.05, 4.69) is 5.32 Å². The van der Waals surface area contributed by atoms with Gasteiger partial charge >= 0.3 is 0 Å². The maximum atomic E-state index is 14.2. The van der Waals surface area contributed by atoms with E-state index < -0.39 is 17.6 Å². The quantitative estimate of drug-likeness (QED) is 0.498. The second-order valence-electron chi connectivity index (χ2n) is 11.4. The van der Waals surface area contributed by atoms with E-state index in [0.29, 0.717) is 49.5 Å². The lowest BCUT2D eigenvalue weighted by atomic mass is 9.85. The number of benzene rings is 2. The van der Waals surface area contributed by atoms with Crippen molar-refractivity contribution in [2.24, 2.45) is 5.73 Å². The van der Waals surface area contributed by atoms with Gasteiger partial charge in [0.05, 0.1) is 0 Å². The summed E-state index contributed by atoms with van der Waals surface area (Å²) < 4.78 is 0. The van der Waals surface area contributed by atoms with Gasteiger partial charge in [-0.15, -0.1) is 0 Å². The molecule has 4 amide bonds. The van der Waals surface area contributed by atoms with Crippen molar-refractivity contribution in [3.8, 4) is 0 Å². The Bertz CT molecular complexity index is 1260. The highest BCUT2D eigenvalue weighted by Crippen LogP contribution is 2.42. The molecule has 218 valence electrons. The Labute approximate surface area is 246 Å². The van der Waals surface area contributed by atoms with Crippen LogP contribution in [0.1, 0.15) is 56.9 Å². The molecule has 3 aliphatic rings. The smallest absolute Gasteiger partial charge is 0.261 e. The first-order chi connectivity index (χ1) is 19.8. The number of para-hydroxylation sites is 1. The van der Waals surface area contributed by atoms with Gasteiger partial charge < -0.3 is 25.8 Å². The predicted octanol–water partition coefficient (Wildman–Crippen LogP) is 3.24. The fraction of sp³-hybridized carbons (Fsp3) is 0.484. The zero-order valence-corrected chi connectivity index (χ0v) is 24.0. The number of hydrogen-bond acceptors (Lipinski definition) is 5. The van der Waals surface area contributed by atoms with Crippen molar-refractivity contribution in [3.05, 3.63) is 65.2 Å². The zero-order valence-electron chi connectivity index (χ0n) is 23.3. The lowest BCUT2D eigenvalue weighted by Gasteiger charge is -2.44. The van der Waals surface area contributed by atoms with Crippen LogP contribution in [0.2, 0.25) is 5.02 Å². The van der Waals surface area contributed by atoms with E-state index in [0.717, 1.165) is 37.7 Å². The first kappa shape index (κ1) is 28.9. The summed E-state index contributed by atoms with van der Waals surface area (Å²) >= 11 is 5.97. The van der Waals surface area contributed by atoms with Gasteiger partial charge in [-0.25, -0.2) is 0 Å². The van der Waals surface area contributed by atoms with Crippen molar-refractivity contribution >= 4 is 40.9 Å². The molecule has 0 aromatic heterocycles. The van der Waals surface area contributed by atoms with Crippen LogP contribution < -0.4 is 16.0 Å². The highest BCUT2D eigenvalue weighted by atomic mass is 35.5. The van der Waals surface area contributed by atoms with E-state index in [9.17, 15) is 19.2 Å². The van der Waals surface area contributed by atoms with E-state index >= 15 is 0 Å². The molecular weight excluding hydrogens is 542 g/mol. The van der Waals surface area contributed by atoms with E-state index in [1.54, 1.807) is 9.80 Å². The molecule has 9 nitrogen and oxygen atoms in total.